The first-order valence-corrected chi connectivity index (χ1v) is 9.59. The average molecular weight is 401 g/mol. The standard InChI is InChI=1S/C20H17F2N3O2S/c1-24(11-18-23-15-4-2-3-5-17(15)28-18)20(27)12-8-19(26)25(10-12)16-7-6-13(21)9-14(16)22/h2-7,9,12H,8,10-11H2,1H3. The van der Waals surface area contributed by atoms with Crippen LogP contribution in [0.3, 0.4) is 0 Å². The van der Waals surface area contributed by atoms with Gasteiger partial charge in [0.05, 0.1) is 28.4 Å². The quantitative estimate of drug-likeness (QED) is 0.671. The maximum absolute atomic E-state index is 14.0. The Kier molecular flexibility index (Phi) is 4.80. The van der Waals surface area contributed by atoms with Gasteiger partial charge in [-0.2, -0.15) is 0 Å². The van der Waals surface area contributed by atoms with E-state index >= 15 is 0 Å². The molecule has 5 nitrogen and oxygen atoms in total. The van der Waals surface area contributed by atoms with E-state index in [1.165, 1.54) is 22.3 Å². The molecule has 0 radical (unpaired) electrons. The van der Waals surface area contributed by atoms with E-state index in [0.29, 0.717) is 6.54 Å². The first-order chi connectivity index (χ1) is 13.4. The number of nitrogens with zero attached hydrogens (tertiary/aromatic N) is 3. The summed E-state index contributed by atoms with van der Waals surface area (Å²) in [4.78, 5) is 32.4. The summed E-state index contributed by atoms with van der Waals surface area (Å²) >= 11 is 1.52. The fraction of sp³-hybridized carbons (Fsp3) is 0.250. The zero-order valence-corrected chi connectivity index (χ0v) is 15.9. The van der Waals surface area contributed by atoms with Crippen LogP contribution in [0.5, 0.6) is 0 Å². The van der Waals surface area contributed by atoms with E-state index in [1.54, 1.807) is 11.9 Å². The van der Waals surface area contributed by atoms with Crippen molar-refractivity contribution in [1.29, 1.82) is 0 Å². The third-order valence-corrected chi connectivity index (χ3v) is 5.78. The van der Waals surface area contributed by atoms with Gasteiger partial charge in [0.25, 0.3) is 0 Å². The normalized spacial score (nSPS) is 16.8. The van der Waals surface area contributed by atoms with Gasteiger partial charge in [-0.3, -0.25) is 9.59 Å². The van der Waals surface area contributed by atoms with Crippen LogP contribution in [-0.4, -0.2) is 35.3 Å². The van der Waals surface area contributed by atoms with E-state index in [4.69, 9.17) is 0 Å². The summed E-state index contributed by atoms with van der Waals surface area (Å²) in [5.41, 5.74) is 0.882. The molecule has 144 valence electrons. The highest BCUT2D eigenvalue weighted by Crippen LogP contribution is 2.29. The van der Waals surface area contributed by atoms with Crippen molar-refractivity contribution in [2.24, 2.45) is 5.92 Å². The summed E-state index contributed by atoms with van der Waals surface area (Å²) in [6.45, 7) is 0.415. The van der Waals surface area contributed by atoms with Crippen LogP contribution in [0.15, 0.2) is 42.5 Å². The van der Waals surface area contributed by atoms with Gasteiger partial charge in [0, 0.05) is 26.1 Å². The van der Waals surface area contributed by atoms with Crippen molar-refractivity contribution in [3.8, 4) is 0 Å². The second kappa shape index (κ2) is 7.27. The highest BCUT2D eigenvalue weighted by molar-refractivity contribution is 7.18. The van der Waals surface area contributed by atoms with Gasteiger partial charge in [-0.25, -0.2) is 13.8 Å². The van der Waals surface area contributed by atoms with Crippen LogP contribution < -0.4 is 4.90 Å². The number of anilines is 1. The van der Waals surface area contributed by atoms with Gasteiger partial charge < -0.3 is 9.80 Å². The molecule has 1 atom stereocenters. The number of rotatable bonds is 4. The first-order valence-electron chi connectivity index (χ1n) is 8.77. The largest absolute Gasteiger partial charge is 0.339 e. The number of halogens is 2. The molecular weight excluding hydrogens is 384 g/mol. The lowest BCUT2D eigenvalue weighted by atomic mass is 10.1. The third-order valence-electron chi connectivity index (χ3n) is 4.76. The molecule has 1 unspecified atom stereocenters. The van der Waals surface area contributed by atoms with Crippen molar-refractivity contribution in [2.75, 3.05) is 18.5 Å². The summed E-state index contributed by atoms with van der Waals surface area (Å²) in [7, 11) is 1.67. The van der Waals surface area contributed by atoms with E-state index in [0.717, 1.165) is 27.4 Å². The molecular formula is C20H17F2N3O2S. The number of hydrogen-bond acceptors (Lipinski definition) is 4. The predicted octanol–water partition coefficient (Wildman–Crippen LogP) is 3.59. The van der Waals surface area contributed by atoms with Crippen LogP contribution in [0, 0.1) is 17.6 Å². The van der Waals surface area contributed by atoms with E-state index in [1.807, 2.05) is 24.3 Å². The Balaban J connectivity index is 1.46. The number of fused-ring (bicyclic) bond motifs is 1. The van der Waals surface area contributed by atoms with Gasteiger partial charge in [0.2, 0.25) is 11.8 Å². The number of hydrogen-bond donors (Lipinski definition) is 0. The van der Waals surface area contributed by atoms with Gasteiger partial charge in [-0.05, 0) is 24.3 Å². The second-order valence-electron chi connectivity index (χ2n) is 6.77. The molecule has 1 aromatic heterocycles. The van der Waals surface area contributed by atoms with Crippen LogP contribution in [0.4, 0.5) is 14.5 Å². The van der Waals surface area contributed by atoms with Gasteiger partial charge in [-0.15, -0.1) is 11.3 Å². The lowest BCUT2D eigenvalue weighted by Crippen LogP contribution is -2.34. The van der Waals surface area contributed by atoms with Gasteiger partial charge in [-0.1, -0.05) is 12.1 Å². The maximum atomic E-state index is 14.0. The first kappa shape index (κ1) is 18.5. The number of aromatic nitrogens is 1. The van der Waals surface area contributed by atoms with Crippen LogP contribution in [-0.2, 0) is 16.1 Å². The molecule has 0 saturated carbocycles. The van der Waals surface area contributed by atoms with Crippen molar-refractivity contribution in [2.45, 2.75) is 13.0 Å². The zero-order chi connectivity index (χ0) is 19.8. The van der Waals surface area contributed by atoms with E-state index < -0.39 is 17.6 Å². The molecule has 0 bridgehead atoms. The van der Waals surface area contributed by atoms with Gasteiger partial charge in [0.15, 0.2) is 0 Å². The lowest BCUT2D eigenvalue weighted by Gasteiger charge is -2.21. The Hall–Kier alpha value is -2.87. The van der Waals surface area contributed by atoms with Crippen molar-refractivity contribution >= 4 is 39.1 Å². The number of thiazole rings is 1. The van der Waals surface area contributed by atoms with E-state index in [-0.39, 0.29) is 30.5 Å². The third kappa shape index (κ3) is 3.47. The minimum atomic E-state index is -0.815. The minimum Gasteiger partial charge on any atom is -0.339 e. The molecule has 0 N–H and O–H groups in total. The summed E-state index contributed by atoms with van der Waals surface area (Å²) in [5, 5.41) is 0.808. The Morgan fingerprint density at radius 1 is 1.29 bits per heavy atom. The Morgan fingerprint density at radius 3 is 2.82 bits per heavy atom. The molecule has 2 aromatic carbocycles. The van der Waals surface area contributed by atoms with Crippen molar-refractivity contribution < 1.29 is 18.4 Å². The van der Waals surface area contributed by atoms with Crippen LogP contribution >= 0.6 is 11.3 Å². The molecule has 1 aliphatic rings. The molecule has 0 aliphatic carbocycles. The Morgan fingerprint density at radius 2 is 2.07 bits per heavy atom. The van der Waals surface area contributed by atoms with E-state index in [2.05, 4.69) is 4.98 Å². The van der Waals surface area contributed by atoms with Crippen LogP contribution in [0.25, 0.3) is 10.2 Å². The Bertz CT molecular complexity index is 1040. The number of carbonyl (C=O) groups is 2. The number of para-hydroxylation sites is 1. The maximum Gasteiger partial charge on any atom is 0.228 e. The SMILES string of the molecule is CN(Cc1nc2ccccc2s1)C(=O)C1CC(=O)N(c2ccc(F)cc2F)C1. The highest BCUT2D eigenvalue weighted by Gasteiger charge is 2.37. The molecule has 1 aliphatic heterocycles. The number of amides is 2. The monoisotopic (exact) mass is 401 g/mol. The molecule has 4 rings (SSSR count). The molecule has 28 heavy (non-hydrogen) atoms. The smallest absolute Gasteiger partial charge is 0.228 e. The summed E-state index contributed by atoms with van der Waals surface area (Å²) in [6.07, 6.45) is -0.000164. The lowest BCUT2D eigenvalue weighted by molar-refractivity contribution is -0.135. The fourth-order valence-corrected chi connectivity index (χ4v) is 4.41. The van der Waals surface area contributed by atoms with Crippen molar-refractivity contribution in [3.05, 3.63) is 59.1 Å². The second-order valence-corrected chi connectivity index (χ2v) is 7.89. The van der Waals surface area contributed by atoms with Gasteiger partial charge in [0.1, 0.15) is 16.6 Å². The molecule has 1 fully saturated rings. The molecule has 2 amide bonds. The van der Waals surface area contributed by atoms with Crippen molar-refractivity contribution in [1.82, 2.24) is 9.88 Å². The van der Waals surface area contributed by atoms with Crippen molar-refractivity contribution in [3.63, 3.8) is 0 Å². The number of benzene rings is 2. The summed E-state index contributed by atoms with van der Waals surface area (Å²) < 4.78 is 28.2. The van der Waals surface area contributed by atoms with Crippen LogP contribution in [0.1, 0.15) is 11.4 Å². The fourth-order valence-electron chi connectivity index (χ4n) is 3.39. The number of carbonyl (C=O) groups excluding carboxylic acids is 2. The molecule has 3 aromatic rings. The average Bonchev–Trinajstić information content (AvgIpc) is 3.24. The predicted molar refractivity (Wildman–Crippen MR) is 103 cm³/mol. The molecule has 8 heteroatoms. The summed E-state index contributed by atoms with van der Waals surface area (Å²) in [5.74, 6) is -2.65. The summed E-state index contributed by atoms with van der Waals surface area (Å²) in [6, 6.07) is 10.8. The molecule has 1 saturated heterocycles. The Labute approximate surface area is 164 Å². The molecule has 2 heterocycles. The topological polar surface area (TPSA) is 53.5 Å². The minimum absolute atomic E-state index is 0.000164. The molecule has 0 spiro atoms. The van der Waals surface area contributed by atoms with E-state index in [9.17, 15) is 18.4 Å². The van der Waals surface area contributed by atoms with Crippen LogP contribution in [0.2, 0.25) is 0 Å². The zero-order valence-electron chi connectivity index (χ0n) is 15.1. The highest BCUT2D eigenvalue weighted by atomic mass is 32.1. The van der Waals surface area contributed by atoms with Gasteiger partial charge >= 0.3 is 0 Å².